The second-order valence-corrected chi connectivity index (χ2v) is 4.16. The molecule has 0 fully saturated rings. The molecule has 0 N–H and O–H groups in total. The van der Waals surface area contributed by atoms with Crippen molar-refractivity contribution in [3.63, 3.8) is 0 Å². The normalized spacial score (nSPS) is 10.3. The predicted molar refractivity (Wildman–Crippen MR) is 72.4 cm³/mol. The fourth-order valence-corrected chi connectivity index (χ4v) is 1.76. The molecular formula is C16H18IN. The first-order valence-electron chi connectivity index (χ1n) is 6.01. The highest BCUT2D eigenvalue weighted by atomic mass is 127. The van der Waals surface area contributed by atoms with E-state index in [9.17, 15) is 0 Å². The summed E-state index contributed by atoms with van der Waals surface area (Å²) in [5.74, 6) is 0. The molecule has 1 heterocycles. The number of hydrogen-bond donors (Lipinski definition) is 0. The predicted octanol–water partition coefficient (Wildman–Crippen LogP) is 0.248. The molecule has 1 aromatic heterocycles. The minimum Gasteiger partial charge on any atom is -1.00 e. The number of aromatic nitrogens is 1. The second kappa shape index (κ2) is 7.31. The SMILES string of the molecule is CCc1ccc(C=Cc2cccc[n+]2C)cc1.[I-]. The van der Waals surface area contributed by atoms with E-state index in [1.807, 2.05) is 6.07 Å². The second-order valence-electron chi connectivity index (χ2n) is 4.16. The van der Waals surface area contributed by atoms with E-state index in [0.29, 0.717) is 0 Å². The average Bonchev–Trinajstić information content (AvgIpc) is 2.38. The van der Waals surface area contributed by atoms with Crippen LogP contribution in [0.15, 0.2) is 48.7 Å². The molecule has 2 heteroatoms. The van der Waals surface area contributed by atoms with Crippen LogP contribution in [-0.2, 0) is 13.5 Å². The summed E-state index contributed by atoms with van der Waals surface area (Å²) in [4.78, 5) is 0. The van der Waals surface area contributed by atoms with Crippen LogP contribution >= 0.6 is 0 Å². The maximum absolute atomic E-state index is 2.19. The van der Waals surface area contributed by atoms with E-state index < -0.39 is 0 Å². The lowest BCUT2D eigenvalue weighted by Crippen LogP contribution is -3.00. The van der Waals surface area contributed by atoms with E-state index in [1.165, 1.54) is 16.8 Å². The van der Waals surface area contributed by atoms with Gasteiger partial charge in [-0.1, -0.05) is 31.2 Å². The standard InChI is InChI=1S/C16H18N.HI/c1-3-14-7-9-15(10-8-14)11-12-16-6-4-5-13-17(16)2;/h4-13H,3H2,1-2H3;1H/q+1;/p-1. The Hall–Kier alpha value is -1.16. The Morgan fingerprint density at radius 1 is 1.00 bits per heavy atom. The Morgan fingerprint density at radius 2 is 1.72 bits per heavy atom. The van der Waals surface area contributed by atoms with E-state index in [1.54, 1.807) is 0 Å². The fourth-order valence-electron chi connectivity index (χ4n) is 1.76. The summed E-state index contributed by atoms with van der Waals surface area (Å²) < 4.78 is 2.11. The summed E-state index contributed by atoms with van der Waals surface area (Å²) in [5.41, 5.74) is 3.82. The Morgan fingerprint density at radius 3 is 2.33 bits per heavy atom. The number of hydrogen-bond acceptors (Lipinski definition) is 0. The van der Waals surface area contributed by atoms with Crippen LogP contribution in [0.3, 0.4) is 0 Å². The highest BCUT2D eigenvalue weighted by molar-refractivity contribution is 5.66. The van der Waals surface area contributed by atoms with Crippen LogP contribution in [0.5, 0.6) is 0 Å². The maximum atomic E-state index is 2.19. The highest BCUT2D eigenvalue weighted by Crippen LogP contribution is 2.08. The van der Waals surface area contributed by atoms with Crippen LogP contribution in [-0.4, -0.2) is 0 Å². The van der Waals surface area contributed by atoms with Crippen molar-refractivity contribution in [3.05, 3.63) is 65.5 Å². The maximum Gasteiger partial charge on any atom is 0.204 e. The minimum atomic E-state index is 0. The topological polar surface area (TPSA) is 3.88 Å². The van der Waals surface area contributed by atoms with Crippen molar-refractivity contribution in [1.29, 1.82) is 0 Å². The van der Waals surface area contributed by atoms with Crippen molar-refractivity contribution in [3.8, 4) is 0 Å². The van der Waals surface area contributed by atoms with Crippen LogP contribution in [0.4, 0.5) is 0 Å². The Labute approximate surface area is 126 Å². The summed E-state index contributed by atoms with van der Waals surface area (Å²) >= 11 is 0. The van der Waals surface area contributed by atoms with E-state index in [4.69, 9.17) is 0 Å². The lowest BCUT2D eigenvalue weighted by Gasteiger charge is -1.97. The lowest BCUT2D eigenvalue weighted by atomic mass is 10.1. The van der Waals surface area contributed by atoms with E-state index in [2.05, 4.69) is 73.3 Å². The molecular weight excluding hydrogens is 333 g/mol. The summed E-state index contributed by atoms with van der Waals surface area (Å²) in [6, 6.07) is 14.9. The number of nitrogens with zero attached hydrogens (tertiary/aromatic N) is 1. The molecule has 0 aliphatic heterocycles. The van der Waals surface area contributed by atoms with Gasteiger partial charge in [-0.3, -0.25) is 0 Å². The molecule has 94 valence electrons. The molecule has 2 rings (SSSR count). The van der Waals surface area contributed by atoms with Crippen molar-refractivity contribution in [1.82, 2.24) is 0 Å². The molecule has 0 aliphatic carbocycles. The molecule has 0 spiro atoms. The molecule has 0 atom stereocenters. The largest absolute Gasteiger partial charge is 1.00 e. The summed E-state index contributed by atoms with van der Waals surface area (Å²) in [6.45, 7) is 2.18. The third kappa shape index (κ3) is 3.95. The highest BCUT2D eigenvalue weighted by Gasteiger charge is 1.98. The average molecular weight is 351 g/mol. The van der Waals surface area contributed by atoms with Gasteiger partial charge in [0.1, 0.15) is 7.05 Å². The van der Waals surface area contributed by atoms with E-state index >= 15 is 0 Å². The van der Waals surface area contributed by atoms with Gasteiger partial charge in [0.25, 0.3) is 0 Å². The molecule has 0 saturated carbocycles. The van der Waals surface area contributed by atoms with Gasteiger partial charge >= 0.3 is 0 Å². The summed E-state index contributed by atoms with van der Waals surface area (Å²) in [7, 11) is 2.06. The van der Waals surface area contributed by atoms with Gasteiger partial charge in [0.15, 0.2) is 6.20 Å². The van der Waals surface area contributed by atoms with E-state index in [0.717, 1.165) is 6.42 Å². The van der Waals surface area contributed by atoms with Crippen LogP contribution in [0.1, 0.15) is 23.7 Å². The first-order chi connectivity index (χ1) is 8.29. The first kappa shape index (κ1) is 14.9. The van der Waals surface area contributed by atoms with E-state index in [-0.39, 0.29) is 24.0 Å². The summed E-state index contributed by atoms with van der Waals surface area (Å²) in [6.07, 6.45) is 7.44. The number of halogens is 1. The zero-order chi connectivity index (χ0) is 12.1. The monoisotopic (exact) mass is 351 g/mol. The fraction of sp³-hybridized carbons (Fsp3) is 0.188. The Bertz CT molecular complexity index is 515. The van der Waals surface area contributed by atoms with Gasteiger partial charge in [-0.05, 0) is 29.7 Å². The number of aryl methyl sites for hydroxylation is 2. The number of rotatable bonds is 3. The smallest absolute Gasteiger partial charge is 0.204 e. The molecule has 1 aromatic carbocycles. The van der Waals surface area contributed by atoms with Crippen LogP contribution < -0.4 is 28.5 Å². The van der Waals surface area contributed by atoms with Crippen molar-refractivity contribution >= 4 is 12.2 Å². The summed E-state index contributed by atoms with van der Waals surface area (Å²) in [5, 5.41) is 0. The van der Waals surface area contributed by atoms with Gasteiger partial charge in [-0.2, -0.15) is 0 Å². The van der Waals surface area contributed by atoms with Crippen molar-refractivity contribution < 1.29 is 28.5 Å². The number of pyridine rings is 1. The zero-order valence-corrected chi connectivity index (χ0v) is 13.0. The molecule has 0 radical (unpaired) electrons. The first-order valence-corrected chi connectivity index (χ1v) is 6.01. The zero-order valence-electron chi connectivity index (χ0n) is 10.8. The molecule has 0 saturated heterocycles. The molecule has 2 aromatic rings. The van der Waals surface area contributed by atoms with Crippen molar-refractivity contribution in [2.24, 2.45) is 7.05 Å². The van der Waals surface area contributed by atoms with Gasteiger partial charge in [0.05, 0.1) is 0 Å². The number of benzene rings is 1. The van der Waals surface area contributed by atoms with Gasteiger partial charge in [0.2, 0.25) is 5.69 Å². The van der Waals surface area contributed by atoms with Gasteiger partial charge in [0, 0.05) is 18.2 Å². The molecule has 0 amide bonds. The van der Waals surface area contributed by atoms with Gasteiger partial charge < -0.3 is 24.0 Å². The quantitative estimate of drug-likeness (QED) is 0.551. The molecule has 0 unspecified atom stereocenters. The lowest BCUT2D eigenvalue weighted by molar-refractivity contribution is -0.673. The Balaban J connectivity index is 0.00000162. The van der Waals surface area contributed by atoms with Crippen LogP contribution in [0, 0.1) is 0 Å². The Kier molecular flexibility index (Phi) is 6.05. The molecule has 18 heavy (non-hydrogen) atoms. The van der Waals surface area contributed by atoms with Gasteiger partial charge in [-0.15, -0.1) is 0 Å². The molecule has 1 nitrogen and oxygen atoms in total. The van der Waals surface area contributed by atoms with Crippen molar-refractivity contribution in [2.45, 2.75) is 13.3 Å². The molecule has 0 bridgehead atoms. The minimum absolute atomic E-state index is 0. The third-order valence-corrected chi connectivity index (χ3v) is 2.93. The van der Waals surface area contributed by atoms with Crippen molar-refractivity contribution in [2.75, 3.05) is 0 Å². The van der Waals surface area contributed by atoms with Crippen LogP contribution in [0.25, 0.3) is 12.2 Å². The molecule has 0 aliphatic rings. The third-order valence-electron chi connectivity index (χ3n) is 2.93. The van der Waals surface area contributed by atoms with Gasteiger partial charge in [-0.25, -0.2) is 4.57 Å². The van der Waals surface area contributed by atoms with Crippen LogP contribution in [0.2, 0.25) is 0 Å².